The summed E-state index contributed by atoms with van der Waals surface area (Å²) in [7, 11) is 0. The number of aliphatic hydroxyl groups is 1. The van der Waals surface area contributed by atoms with Crippen LogP contribution in [0.5, 0.6) is 0 Å². The fraction of sp³-hybridized carbons (Fsp3) is 0.500. The summed E-state index contributed by atoms with van der Waals surface area (Å²) in [5, 5.41) is 12.4. The molecule has 1 amide bonds. The first kappa shape index (κ1) is 19.5. The van der Waals surface area contributed by atoms with Crippen molar-refractivity contribution in [2.24, 2.45) is 0 Å². The zero-order chi connectivity index (χ0) is 19.2. The molecule has 0 radical (unpaired) electrons. The quantitative estimate of drug-likeness (QED) is 0.765. The number of aryl methyl sites for hydroxylation is 1. The number of β-amino-alcohol motifs (C(OH)–C–C–N with tert-alkyl or cyclic N) is 1. The third-order valence-electron chi connectivity index (χ3n) is 4.67. The molecule has 1 atom stereocenters. The van der Waals surface area contributed by atoms with Gasteiger partial charge in [-0.25, -0.2) is 4.98 Å². The van der Waals surface area contributed by atoms with E-state index >= 15 is 0 Å². The molecule has 0 aliphatic carbocycles. The normalized spacial score (nSPS) is 17.0. The highest BCUT2D eigenvalue weighted by molar-refractivity contribution is 5.91. The maximum absolute atomic E-state index is 12.3. The van der Waals surface area contributed by atoms with Crippen molar-refractivity contribution < 1.29 is 14.3 Å². The van der Waals surface area contributed by atoms with Gasteiger partial charge in [0.05, 0.1) is 12.6 Å². The summed E-state index contributed by atoms with van der Waals surface area (Å²) in [5.74, 6) is 0.327. The first-order chi connectivity index (χ1) is 13.0. The summed E-state index contributed by atoms with van der Waals surface area (Å²) in [6.45, 7) is 9.21. The number of rotatable bonds is 7. The first-order valence-electron chi connectivity index (χ1n) is 9.40. The standard InChI is InChI=1S/C20H28N4O3/c1-15-4-3-5-17(10-15)11-21-20(26)18-14-27-19(22-18)13-24-8-6-23(7-9-24)12-16(2)25/h3-5,10,14,16,25H,6-9,11-13H2,1-2H3,(H,21,26)/t16-/m0/s1. The van der Waals surface area contributed by atoms with Crippen molar-refractivity contribution in [1.29, 1.82) is 0 Å². The van der Waals surface area contributed by atoms with Crippen molar-refractivity contribution in [1.82, 2.24) is 20.1 Å². The van der Waals surface area contributed by atoms with Gasteiger partial charge in [-0.2, -0.15) is 0 Å². The van der Waals surface area contributed by atoms with Crippen molar-refractivity contribution in [2.75, 3.05) is 32.7 Å². The molecule has 0 bridgehead atoms. The monoisotopic (exact) mass is 372 g/mol. The van der Waals surface area contributed by atoms with Gasteiger partial charge in [-0.3, -0.25) is 14.6 Å². The largest absolute Gasteiger partial charge is 0.447 e. The lowest BCUT2D eigenvalue weighted by Crippen LogP contribution is -2.47. The van der Waals surface area contributed by atoms with Crippen LogP contribution in [0.15, 0.2) is 34.9 Å². The van der Waals surface area contributed by atoms with Crippen LogP contribution in [-0.2, 0) is 13.1 Å². The maximum atomic E-state index is 12.3. The molecule has 146 valence electrons. The molecule has 0 spiro atoms. The second kappa shape index (κ2) is 9.12. The molecule has 0 unspecified atom stereocenters. The van der Waals surface area contributed by atoms with Gasteiger partial charge in [0.1, 0.15) is 6.26 Å². The van der Waals surface area contributed by atoms with Crippen molar-refractivity contribution >= 4 is 5.91 Å². The minimum Gasteiger partial charge on any atom is -0.447 e. The van der Waals surface area contributed by atoms with Gasteiger partial charge in [0.2, 0.25) is 5.89 Å². The van der Waals surface area contributed by atoms with E-state index in [0.29, 0.717) is 31.2 Å². The van der Waals surface area contributed by atoms with Crippen LogP contribution in [0.4, 0.5) is 0 Å². The molecule has 1 fully saturated rings. The van der Waals surface area contributed by atoms with E-state index in [2.05, 4.69) is 20.1 Å². The topological polar surface area (TPSA) is 81.8 Å². The molecule has 1 aromatic heterocycles. The van der Waals surface area contributed by atoms with E-state index < -0.39 is 0 Å². The van der Waals surface area contributed by atoms with Crippen LogP contribution in [-0.4, -0.2) is 64.6 Å². The highest BCUT2D eigenvalue weighted by Gasteiger charge is 2.20. The Labute approximate surface area is 160 Å². The lowest BCUT2D eigenvalue weighted by atomic mass is 10.1. The Hall–Kier alpha value is -2.22. The van der Waals surface area contributed by atoms with Crippen molar-refractivity contribution in [3.8, 4) is 0 Å². The second-order valence-corrected chi connectivity index (χ2v) is 7.22. The van der Waals surface area contributed by atoms with E-state index in [9.17, 15) is 9.90 Å². The number of piperazine rings is 1. The number of nitrogens with zero attached hydrogens (tertiary/aromatic N) is 3. The molecule has 7 heteroatoms. The van der Waals surface area contributed by atoms with Gasteiger partial charge in [0, 0.05) is 39.3 Å². The summed E-state index contributed by atoms with van der Waals surface area (Å²) in [4.78, 5) is 21.1. The zero-order valence-electron chi connectivity index (χ0n) is 16.0. The van der Waals surface area contributed by atoms with E-state index in [1.807, 2.05) is 38.1 Å². The number of aromatic nitrogens is 1. The maximum Gasteiger partial charge on any atom is 0.273 e. The molecule has 27 heavy (non-hydrogen) atoms. The summed E-state index contributed by atoms with van der Waals surface area (Å²) in [6, 6.07) is 8.04. The van der Waals surface area contributed by atoms with Crippen LogP contribution < -0.4 is 5.32 Å². The number of carbonyl (C=O) groups excluding carboxylic acids is 1. The summed E-state index contributed by atoms with van der Waals surface area (Å²) < 4.78 is 5.48. The fourth-order valence-electron chi connectivity index (χ4n) is 3.28. The van der Waals surface area contributed by atoms with Crippen molar-refractivity contribution in [2.45, 2.75) is 33.0 Å². The molecule has 1 aliphatic rings. The SMILES string of the molecule is Cc1cccc(CNC(=O)c2coc(CN3CCN(C[C@H](C)O)CC3)n2)c1. The van der Waals surface area contributed by atoms with E-state index in [0.717, 1.165) is 31.7 Å². The predicted molar refractivity (Wildman–Crippen MR) is 102 cm³/mol. The highest BCUT2D eigenvalue weighted by atomic mass is 16.3. The zero-order valence-corrected chi connectivity index (χ0v) is 16.0. The number of benzene rings is 1. The van der Waals surface area contributed by atoms with Crippen LogP contribution in [0.2, 0.25) is 0 Å². The molecular weight excluding hydrogens is 344 g/mol. The Bertz CT molecular complexity index is 751. The molecule has 3 rings (SSSR count). The van der Waals surface area contributed by atoms with Crippen LogP contribution in [0.1, 0.15) is 34.4 Å². The fourth-order valence-corrected chi connectivity index (χ4v) is 3.28. The third-order valence-corrected chi connectivity index (χ3v) is 4.67. The molecule has 2 heterocycles. The Morgan fingerprint density at radius 1 is 1.30 bits per heavy atom. The van der Waals surface area contributed by atoms with Crippen LogP contribution in [0.25, 0.3) is 0 Å². The van der Waals surface area contributed by atoms with Crippen LogP contribution in [0, 0.1) is 6.92 Å². The number of nitrogens with one attached hydrogen (secondary N) is 1. The molecular formula is C20H28N4O3. The van der Waals surface area contributed by atoms with Crippen molar-refractivity contribution in [3.05, 3.63) is 53.2 Å². The van der Waals surface area contributed by atoms with Crippen LogP contribution in [0.3, 0.4) is 0 Å². The molecule has 1 saturated heterocycles. The van der Waals surface area contributed by atoms with Gasteiger partial charge in [-0.05, 0) is 19.4 Å². The Balaban J connectivity index is 1.46. The molecule has 1 aromatic carbocycles. The van der Waals surface area contributed by atoms with Gasteiger partial charge >= 0.3 is 0 Å². The summed E-state index contributed by atoms with van der Waals surface area (Å²) in [6.07, 6.45) is 1.12. The Kier molecular flexibility index (Phi) is 6.60. The summed E-state index contributed by atoms with van der Waals surface area (Å²) >= 11 is 0. The minimum atomic E-state index is -0.302. The van der Waals surface area contributed by atoms with E-state index in [1.54, 1.807) is 0 Å². The van der Waals surface area contributed by atoms with Gasteiger partial charge in [-0.1, -0.05) is 29.8 Å². The smallest absolute Gasteiger partial charge is 0.273 e. The van der Waals surface area contributed by atoms with Gasteiger partial charge in [-0.15, -0.1) is 0 Å². The summed E-state index contributed by atoms with van der Waals surface area (Å²) in [5.41, 5.74) is 2.53. The first-order valence-corrected chi connectivity index (χ1v) is 9.40. The third kappa shape index (κ3) is 5.89. The van der Waals surface area contributed by atoms with Gasteiger partial charge < -0.3 is 14.8 Å². The lowest BCUT2D eigenvalue weighted by molar-refractivity contribution is 0.0747. The second-order valence-electron chi connectivity index (χ2n) is 7.22. The van der Waals surface area contributed by atoms with E-state index in [-0.39, 0.29) is 12.0 Å². The van der Waals surface area contributed by atoms with Gasteiger partial charge in [0.15, 0.2) is 5.69 Å². The molecule has 2 aromatic rings. The predicted octanol–water partition coefficient (Wildman–Crippen LogP) is 1.41. The number of oxazole rings is 1. The number of carbonyl (C=O) groups is 1. The number of aliphatic hydroxyl groups excluding tert-OH is 1. The van der Waals surface area contributed by atoms with Crippen LogP contribution >= 0.6 is 0 Å². The number of amides is 1. The number of hydrogen-bond donors (Lipinski definition) is 2. The highest BCUT2D eigenvalue weighted by Crippen LogP contribution is 2.10. The minimum absolute atomic E-state index is 0.228. The Morgan fingerprint density at radius 2 is 2.04 bits per heavy atom. The number of hydrogen-bond acceptors (Lipinski definition) is 6. The molecule has 2 N–H and O–H groups in total. The molecule has 1 aliphatic heterocycles. The Morgan fingerprint density at radius 3 is 2.74 bits per heavy atom. The van der Waals surface area contributed by atoms with E-state index in [1.165, 1.54) is 11.8 Å². The molecule has 7 nitrogen and oxygen atoms in total. The van der Waals surface area contributed by atoms with E-state index in [4.69, 9.17) is 4.42 Å². The van der Waals surface area contributed by atoms with Gasteiger partial charge in [0.25, 0.3) is 5.91 Å². The average molecular weight is 372 g/mol. The van der Waals surface area contributed by atoms with Crippen molar-refractivity contribution in [3.63, 3.8) is 0 Å². The average Bonchev–Trinajstić information content (AvgIpc) is 3.10. The molecule has 0 saturated carbocycles. The lowest BCUT2D eigenvalue weighted by Gasteiger charge is -2.34.